The fourth-order valence-corrected chi connectivity index (χ4v) is 4.42. The van der Waals surface area contributed by atoms with Gasteiger partial charge >= 0.3 is 12.1 Å². The first kappa shape index (κ1) is 27.0. The van der Waals surface area contributed by atoms with Crippen LogP contribution in [0, 0.1) is 0 Å². The SMILES string of the molecule is O=C(Nc1ccc(-c2ccc(C(F)(F)F)cc2)cn1)c1ccc(Oc2cc3c(cc2Cl)C(C(=O)O)CCO3)cc1. The summed E-state index contributed by atoms with van der Waals surface area (Å²) in [5.41, 5.74) is 1.23. The number of fused-ring (bicyclic) bond motifs is 1. The Bertz CT molecular complexity index is 1560. The van der Waals surface area contributed by atoms with E-state index in [1.807, 2.05) is 0 Å². The lowest BCUT2D eigenvalue weighted by Gasteiger charge is -2.24. The molecule has 7 nitrogen and oxygen atoms in total. The summed E-state index contributed by atoms with van der Waals surface area (Å²) >= 11 is 6.34. The van der Waals surface area contributed by atoms with Gasteiger partial charge in [0, 0.05) is 29.0 Å². The van der Waals surface area contributed by atoms with E-state index in [1.165, 1.54) is 24.4 Å². The van der Waals surface area contributed by atoms with Gasteiger partial charge in [-0.05, 0) is 66.6 Å². The van der Waals surface area contributed by atoms with Gasteiger partial charge in [-0.15, -0.1) is 0 Å². The van der Waals surface area contributed by atoms with Gasteiger partial charge in [-0.1, -0.05) is 23.7 Å². The molecular formula is C29H20ClF3N2O5. The van der Waals surface area contributed by atoms with Crippen LogP contribution < -0.4 is 14.8 Å². The molecule has 1 atom stereocenters. The Labute approximate surface area is 231 Å². The Balaban J connectivity index is 1.23. The van der Waals surface area contributed by atoms with Gasteiger partial charge in [0.2, 0.25) is 0 Å². The second-order valence-electron chi connectivity index (χ2n) is 8.94. The van der Waals surface area contributed by atoms with Crippen molar-refractivity contribution in [1.29, 1.82) is 0 Å². The average molecular weight is 569 g/mol. The number of carboxylic acid groups (broad SMARTS) is 1. The first-order chi connectivity index (χ1) is 19.1. The number of alkyl halides is 3. The molecule has 0 bridgehead atoms. The largest absolute Gasteiger partial charge is 0.493 e. The first-order valence-corrected chi connectivity index (χ1v) is 12.4. The van der Waals surface area contributed by atoms with Crippen molar-refractivity contribution in [3.05, 3.63) is 101 Å². The number of aliphatic carboxylic acids is 1. The maximum absolute atomic E-state index is 12.8. The van der Waals surface area contributed by atoms with Gasteiger partial charge in [-0.2, -0.15) is 13.2 Å². The summed E-state index contributed by atoms with van der Waals surface area (Å²) in [5, 5.41) is 12.3. The number of hydrogen-bond acceptors (Lipinski definition) is 5. The summed E-state index contributed by atoms with van der Waals surface area (Å²) in [6, 6.07) is 17.2. The second kappa shape index (κ2) is 10.9. The van der Waals surface area contributed by atoms with Crippen LogP contribution in [-0.4, -0.2) is 28.6 Å². The molecule has 204 valence electrons. The normalized spacial score (nSPS) is 14.6. The molecule has 1 aliphatic heterocycles. The van der Waals surface area contributed by atoms with Crippen molar-refractivity contribution in [2.75, 3.05) is 11.9 Å². The summed E-state index contributed by atoms with van der Waals surface area (Å²) in [7, 11) is 0. The van der Waals surface area contributed by atoms with E-state index < -0.39 is 29.5 Å². The number of carboxylic acids is 1. The number of anilines is 1. The fourth-order valence-electron chi connectivity index (χ4n) is 4.20. The molecule has 0 radical (unpaired) electrons. The van der Waals surface area contributed by atoms with Crippen molar-refractivity contribution in [3.8, 4) is 28.4 Å². The number of ether oxygens (including phenoxy) is 2. The maximum atomic E-state index is 12.8. The van der Waals surface area contributed by atoms with Crippen LogP contribution in [0.2, 0.25) is 5.02 Å². The zero-order chi connectivity index (χ0) is 28.4. The van der Waals surface area contributed by atoms with Crippen molar-refractivity contribution in [3.63, 3.8) is 0 Å². The van der Waals surface area contributed by atoms with Crippen molar-refractivity contribution in [2.45, 2.75) is 18.5 Å². The van der Waals surface area contributed by atoms with Crippen molar-refractivity contribution in [1.82, 2.24) is 4.98 Å². The van der Waals surface area contributed by atoms with Crippen LogP contribution in [0.3, 0.4) is 0 Å². The van der Waals surface area contributed by atoms with E-state index in [4.69, 9.17) is 21.1 Å². The van der Waals surface area contributed by atoms with E-state index in [1.54, 1.807) is 42.5 Å². The quantitative estimate of drug-likeness (QED) is 0.251. The Morgan fingerprint density at radius 3 is 2.33 bits per heavy atom. The number of rotatable bonds is 6. The minimum Gasteiger partial charge on any atom is -0.493 e. The summed E-state index contributed by atoms with van der Waals surface area (Å²) in [6.45, 7) is 0.265. The first-order valence-electron chi connectivity index (χ1n) is 12.0. The van der Waals surface area contributed by atoms with E-state index in [9.17, 15) is 27.9 Å². The smallest absolute Gasteiger partial charge is 0.416 e. The van der Waals surface area contributed by atoms with Gasteiger partial charge in [0.15, 0.2) is 0 Å². The number of halogens is 4. The summed E-state index contributed by atoms with van der Waals surface area (Å²) in [4.78, 5) is 28.4. The monoisotopic (exact) mass is 568 g/mol. The Kier molecular flexibility index (Phi) is 7.36. The van der Waals surface area contributed by atoms with Crippen LogP contribution in [0.5, 0.6) is 17.2 Å². The molecule has 3 aromatic carbocycles. The van der Waals surface area contributed by atoms with Gasteiger partial charge in [-0.25, -0.2) is 4.98 Å². The number of carbonyl (C=O) groups excluding carboxylic acids is 1. The molecule has 40 heavy (non-hydrogen) atoms. The van der Waals surface area contributed by atoms with E-state index in [0.717, 1.165) is 12.1 Å². The van der Waals surface area contributed by atoms with E-state index >= 15 is 0 Å². The molecule has 11 heteroatoms. The standard InChI is InChI=1S/C29H20ClF3N2O5/c30-23-13-22-21(28(37)38)11-12-39-24(22)14-25(23)40-20-8-3-17(4-9-20)27(36)35-26-10-5-18(15-34-26)16-1-6-19(7-2-16)29(31,32)33/h1-10,13-15,21H,11-12H2,(H,37,38)(H,34,35,36). The van der Waals surface area contributed by atoms with Gasteiger partial charge in [0.05, 0.1) is 23.1 Å². The third-order valence-corrected chi connectivity index (χ3v) is 6.59. The Hall–Kier alpha value is -4.57. The Morgan fingerprint density at radius 2 is 1.70 bits per heavy atom. The van der Waals surface area contributed by atoms with E-state index in [2.05, 4.69) is 10.3 Å². The number of benzene rings is 3. The summed E-state index contributed by atoms with van der Waals surface area (Å²) in [5.74, 6) is -0.755. The molecule has 1 amide bonds. The average Bonchev–Trinajstić information content (AvgIpc) is 2.93. The second-order valence-corrected chi connectivity index (χ2v) is 9.34. The third kappa shape index (κ3) is 5.86. The predicted molar refractivity (Wildman–Crippen MR) is 141 cm³/mol. The lowest BCUT2D eigenvalue weighted by Crippen LogP contribution is -2.20. The fraction of sp³-hybridized carbons (Fsp3) is 0.138. The highest BCUT2D eigenvalue weighted by Crippen LogP contribution is 2.42. The van der Waals surface area contributed by atoms with Gasteiger partial charge in [0.25, 0.3) is 5.91 Å². The van der Waals surface area contributed by atoms with Crippen LogP contribution in [0.4, 0.5) is 19.0 Å². The number of nitrogens with zero attached hydrogens (tertiary/aromatic N) is 1. The number of carbonyl (C=O) groups is 2. The zero-order valence-corrected chi connectivity index (χ0v) is 21.3. The molecule has 1 unspecified atom stereocenters. The molecule has 1 aliphatic rings. The molecular weight excluding hydrogens is 549 g/mol. The number of hydrogen-bond donors (Lipinski definition) is 2. The van der Waals surface area contributed by atoms with E-state index in [0.29, 0.717) is 40.2 Å². The zero-order valence-electron chi connectivity index (χ0n) is 20.5. The number of aromatic nitrogens is 1. The lowest BCUT2D eigenvalue weighted by molar-refractivity contribution is -0.139. The molecule has 0 aliphatic carbocycles. The minimum absolute atomic E-state index is 0.225. The van der Waals surface area contributed by atoms with E-state index in [-0.39, 0.29) is 23.2 Å². The molecule has 0 saturated heterocycles. The van der Waals surface area contributed by atoms with Crippen LogP contribution in [-0.2, 0) is 11.0 Å². The Morgan fingerprint density at radius 1 is 1.00 bits per heavy atom. The van der Waals surface area contributed by atoms with Crippen LogP contribution in [0.25, 0.3) is 11.1 Å². The highest BCUT2D eigenvalue weighted by molar-refractivity contribution is 6.32. The predicted octanol–water partition coefficient (Wildman–Crippen LogP) is 7.42. The molecule has 0 saturated carbocycles. The topological polar surface area (TPSA) is 97.8 Å². The third-order valence-electron chi connectivity index (χ3n) is 6.30. The highest BCUT2D eigenvalue weighted by atomic mass is 35.5. The number of pyridine rings is 1. The van der Waals surface area contributed by atoms with Gasteiger partial charge < -0.3 is 19.9 Å². The van der Waals surface area contributed by atoms with Crippen LogP contribution in [0.15, 0.2) is 79.0 Å². The molecule has 5 rings (SSSR count). The molecule has 4 aromatic rings. The minimum atomic E-state index is -4.41. The molecule has 1 aromatic heterocycles. The molecule has 0 spiro atoms. The van der Waals surface area contributed by atoms with Crippen molar-refractivity contribution in [2.24, 2.45) is 0 Å². The molecule has 2 N–H and O–H groups in total. The van der Waals surface area contributed by atoms with Gasteiger partial charge in [-0.3, -0.25) is 9.59 Å². The van der Waals surface area contributed by atoms with Crippen LogP contribution >= 0.6 is 11.6 Å². The summed E-state index contributed by atoms with van der Waals surface area (Å²) < 4.78 is 49.8. The lowest BCUT2D eigenvalue weighted by atomic mass is 9.93. The van der Waals surface area contributed by atoms with Crippen molar-refractivity contribution < 1.29 is 37.3 Å². The molecule has 0 fully saturated rings. The van der Waals surface area contributed by atoms with Crippen LogP contribution in [0.1, 0.15) is 33.8 Å². The summed E-state index contributed by atoms with van der Waals surface area (Å²) in [6.07, 6.45) is -2.60. The molecule has 2 heterocycles. The maximum Gasteiger partial charge on any atom is 0.416 e. The van der Waals surface area contributed by atoms with Crippen molar-refractivity contribution >= 4 is 29.3 Å². The highest BCUT2D eigenvalue weighted by Gasteiger charge is 2.30. The number of nitrogens with one attached hydrogen (secondary N) is 1. The number of amides is 1. The van der Waals surface area contributed by atoms with Gasteiger partial charge in [0.1, 0.15) is 23.1 Å².